The van der Waals surface area contributed by atoms with E-state index in [1.54, 1.807) is 0 Å². The fraction of sp³-hybridized carbons (Fsp3) is 0.600. The number of likely N-dealkylation sites (N-methyl/N-ethyl adjacent to an activating group) is 1. The largest absolute Gasteiger partial charge is 0.370 e. The van der Waals surface area contributed by atoms with Gasteiger partial charge in [-0.05, 0) is 62.4 Å². The molecule has 2 aliphatic rings. The van der Waals surface area contributed by atoms with Crippen LogP contribution >= 0.6 is 0 Å². The van der Waals surface area contributed by atoms with Crippen molar-refractivity contribution in [3.05, 3.63) is 36.0 Å². The van der Waals surface area contributed by atoms with E-state index in [9.17, 15) is 4.79 Å². The van der Waals surface area contributed by atoms with Gasteiger partial charge in [-0.1, -0.05) is 13.0 Å². The smallest absolute Gasteiger partial charge is 0.146 e. The summed E-state index contributed by atoms with van der Waals surface area (Å²) in [6.45, 7) is 11.4. The van der Waals surface area contributed by atoms with Gasteiger partial charge >= 0.3 is 0 Å². The van der Waals surface area contributed by atoms with Crippen molar-refractivity contribution in [2.24, 2.45) is 11.8 Å². The lowest BCUT2D eigenvalue weighted by molar-refractivity contribution is -0.120. The van der Waals surface area contributed by atoms with Crippen LogP contribution in [0.15, 0.2) is 30.5 Å². The Morgan fingerprint density at radius 3 is 2.73 bits per heavy atom. The average Bonchev–Trinajstić information content (AvgIpc) is 2.74. The number of rotatable bonds is 6. The Morgan fingerprint density at radius 2 is 1.93 bits per heavy atom. The fourth-order valence-electron chi connectivity index (χ4n) is 5.16. The molecule has 0 bridgehead atoms. The van der Waals surface area contributed by atoms with Crippen molar-refractivity contribution in [1.82, 2.24) is 14.8 Å². The highest BCUT2D eigenvalue weighted by atomic mass is 16.1. The van der Waals surface area contributed by atoms with Gasteiger partial charge in [0.2, 0.25) is 0 Å². The average molecular weight is 409 g/mol. The van der Waals surface area contributed by atoms with E-state index < -0.39 is 0 Å². The molecule has 0 saturated carbocycles. The van der Waals surface area contributed by atoms with Crippen molar-refractivity contribution in [3.63, 3.8) is 0 Å². The van der Waals surface area contributed by atoms with Gasteiger partial charge in [0.25, 0.3) is 0 Å². The molecule has 2 aliphatic heterocycles. The monoisotopic (exact) mass is 408 g/mol. The van der Waals surface area contributed by atoms with E-state index in [4.69, 9.17) is 0 Å². The molecule has 4 rings (SSSR count). The van der Waals surface area contributed by atoms with E-state index >= 15 is 0 Å². The van der Waals surface area contributed by atoms with Crippen molar-refractivity contribution in [2.75, 3.05) is 57.8 Å². The number of nitrogens with zero attached hydrogens (tertiary/aromatic N) is 4. The first kappa shape index (κ1) is 21.3. The molecule has 5 heteroatoms. The van der Waals surface area contributed by atoms with E-state index in [2.05, 4.69) is 58.8 Å². The van der Waals surface area contributed by atoms with Crippen LogP contribution < -0.4 is 4.90 Å². The lowest BCUT2D eigenvalue weighted by atomic mass is 9.86. The van der Waals surface area contributed by atoms with E-state index in [0.717, 1.165) is 51.2 Å². The van der Waals surface area contributed by atoms with Crippen molar-refractivity contribution < 1.29 is 4.79 Å². The maximum atomic E-state index is 12.6. The van der Waals surface area contributed by atoms with Crippen LogP contribution in [0.1, 0.15) is 31.7 Å². The van der Waals surface area contributed by atoms with E-state index in [-0.39, 0.29) is 0 Å². The maximum Gasteiger partial charge on any atom is 0.146 e. The number of aryl methyl sites for hydroxylation is 1. The molecule has 2 atom stereocenters. The predicted octanol–water partition coefficient (Wildman–Crippen LogP) is 3.60. The molecule has 1 aromatic carbocycles. The molecule has 0 aliphatic carbocycles. The summed E-state index contributed by atoms with van der Waals surface area (Å²) in [5.74, 6) is 1.64. The van der Waals surface area contributed by atoms with Crippen LogP contribution in [0.5, 0.6) is 0 Å². The van der Waals surface area contributed by atoms with Gasteiger partial charge in [0, 0.05) is 63.0 Å². The van der Waals surface area contributed by atoms with Crippen LogP contribution in [0, 0.1) is 18.8 Å². The van der Waals surface area contributed by atoms with Crippen LogP contribution in [-0.2, 0) is 4.79 Å². The first-order valence-electron chi connectivity index (χ1n) is 11.5. The topological polar surface area (TPSA) is 39.7 Å². The Labute approximate surface area is 181 Å². The predicted molar refractivity (Wildman–Crippen MR) is 124 cm³/mol. The summed E-state index contributed by atoms with van der Waals surface area (Å²) < 4.78 is 0. The second-order valence-electron chi connectivity index (χ2n) is 9.57. The number of ketones is 1. The zero-order chi connectivity index (χ0) is 21.1. The minimum Gasteiger partial charge on any atom is -0.370 e. The number of carbonyl (C=O) groups excluding carboxylic acids is 1. The molecular formula is C25H36N4O. The standard InChI is InChI=1S/C25H36N4O/c1-19-15-21(7-8-22(30)18-28-13-11-27(3)12-14-28)17-29(16-19)24-9-6-20(2)25-23(24)5-4-10-26-25/h4-6,9-10,19,21H,7-8,11-18H2,1-3H3/t19-,21+/m0/s1. The van der Waals surface area contributed by atoms with Crippen molar-refractivity contribution in [1.29, 1.82) is 0 Å². The van der Waals surface area contributed by atoms with Crippen LogP contribution in [0.25, 0.3) is 10.9 Å². The number of pyridine rings is 1. The Hall–Kier alpha value is -1.98. The minimum absolute atomic E-state index is 0.411. The van der Waals surface area contributed by atoms with Crippen LogP contribution in [0.4, 0.5) is 5.69 Å². The Kier molecular flexibility index (Phi) is 6.69. The third-order valence-electron chi connectivity index (χ3n) is 6.86. The lowest BCUT2D eigenvalue weighted by Gasteiger charge is -2.38. The van der Waals surface area contributed by atoms with Crippen molar-refractivity contribution in [2.45, 2.75) is 33.1 Å². The zero-order valence-electron chi connectivity index (χ0n) is 18.8. The van der Waals surface area contributed by atoms with Gasteiger partial charge in [-0.2, -0.15) is 0 Å². The molecule has 0 N–H and O–H groups in total. The van der Waals surface area contributed by atoms with Crippen LogP contribution in [0.2, 0.25) is 0 Å². The van der Waals surface area contributed by atoms with Crippen molar-refractivity contribution in [3.8, 4) is 0 Å². The van der Waals surface area contributed by atoms with Gasteiger partial charge in [-0.25, -0.2) is 0 Å². The Balaban J connectivity index is 1.37. The third kappa shape index (κ3) is 5.01. The molecule has 5 nitrogen and oxygen atoms in total. The number of hydrogen-bond donors (Lipinski definition) is 0. The Morgan fingerprint density at radius 1 is 1.13 bits per heavy atom. The second kappa shape index (κ2) is 9.44. The molecule has 30 heavy (non-hydrogen) atoms. The number of aromatic nitrogens is 1. The number of anilines is 1. The minimum atomic E-state index is 0.411. The summed E-state index contributed by atoms with van der Waals surface area (Å²) in [6, 6.07) is 8.68. The molecule has 1 aromatic heterocycles. The number of piperazine rings is 1. The first-order valence-corrected chi connectivity index (χ1v) is 11.5. The van der Waals surface area contributed by atoms with Crippen LogP contribution in [0.3, 0.4) is 0 Å². The number of benzene rings is 1. The SMILES string of the molecule is Cc1ccc(N2C[C@@H](C)C[C@@H](CCC(=O)CN3CCN(C)CC3)C2)c2cccnc12. The fourth-order valence-corrected chi connectivity index (χ4v) is 5.16. The molecular weight excluding hydrogens is 372 g/mol. The first-order chi connectivity index (χ1) is 14.5. The summed E-state index contributed by atoms with van der Waals surface area (Å²) >= 11 is 0. The molecule has 3 heterocycles. The number of carbonyl (C=O) groups is 1. The zero-order valence-corrected chi connectivity index (χ0v) is 18.8. The van der Waals surface area contributed by atoms with Crippen LogP contribution in [-0.4, -0.2) is 73.4 Å². The highest BCUT2D eigenvalue weighted by molar-refractivity contribution is 5.93. The maximum absolute atomic E-state index is 12.6. The molecule has 2 fully saturated rings. The van der Waals surface area contributed by atoms with E-state index in [1.807, 2.05) is 12.3 Å². The molecule has 0 amide bonds. The molecule has 0 radical (unpaired) electrons. The van der Waals surface area contributed by atoms with E-state index in [1.165, 1.54) is 23.1 Å². The molecule has 2 saturated heterocycles. The summed E-state index contributed by atoms with van der Waals surface area (Å²) in [5, 5.41) is 1.25. The molecule has 2 aromatic rings. The molecule has 0 unspecified atom stereocenters. The number of hydrogen-bond acceptors (Lipinski definition) is 5. The normalized spacial score (nSPS) is 23.8. The summed E-state index contributed by atoms with van der Waals surface area (Å²) in [6.07, 6.45) is 4.83. The number of piperidine rings is 1. The van der Waals surface area contributed by atoms with E-state index in [0.29, 0.717) is 30.6 Å². The van der Waals surface area contributed by atoms with Gasteiger partial charge in [-0.15, -0.1) is 0 Å². The quantitative estimate of drug-likeness (QED) is 0.730. The molecule has 162 valence electrons. The highest BCUT2D eigenvalue weighted by Crippen LogP contribution is 2.34. The third-order valence-corrected chi connectivity index (χ3v) is 6.86. The van der Waals surface area contributed by atoms with Gasteiger partial charge in [0.15, 0.2) is 0 Å². The van der Waals surface area contributed by atoms with Gasteiger partial charge in [0.05, 0.1) is 12.1 Å². The summed E-state index contributed by atoms with van der Waals surface area (Å²) in [4.78, 5) is 24.4. The second-order valence-corrected chi connectivity index (χ2v) is 9.57. The van der Waals surface area contributed by atoms with Gasteiger partial charge in [-0.3, -0.25) is 14.7 Å². The van der Waals surface area contributed by atoms with Crippen molar-refractivity contribution >= 4 is 22.4 Å². The highest BCUT2D eigenvalue weighted by Gasteiger charge is 2.27. The summed E-state index contributed by atoms with van der Waals surface area (Å²) in [5.41, 5.74) is 3.63. The summed E-state index contributed by atoms with van der Waals surface area (Å²) in [7, 11) is 2.16. The molecule has 0 spiro atoms. The Bertz CT molecular complexity index is 875. The number of fused-ring (bicyclic) bond motifs is 1. The number of Topliss-reactive ketones (excluding diaryl/α,β-unsaturated/α-hetero) is 1. The van der Waals surface area contributed by atoms with Gasteiger partial charge in [0.1, 0.15) is 5.78 Å². The van der Waals surface area contributed by atoms with Gasteiger partial charge < -0.3 is 9.80 Å². The lowest BCUT2D eigenvalue weighted by Crippen LogP contribution is -2.46.